The zero-order valence-electron chi connectivity index (χ0n) is 8.29. The number of rotatable bonds is 3. The maximum absolute atomic E-state index is 12.0. The minimum Gasteiger partial charge on any atom is -0.494 e. The number of H-pyrrole nitrogens is 1. The first kappa shape index (κ1) is 12.9. The predicted molar refractivity (Wildman–Crippen MR) is 47.3 cm³/mol. The minimum atomic E-state index is -5.18. The topological polar surface area (TPSA) is 88.6 Å². The Labute approximate surface area is 91.6 Å². The molecule has 1 aromatic rings. The van der Waals surface area contributed by atoms with Crippen molar-refractivity contribution < 1.29 is 32.5 Å². The summed E-state index contributed by atoms with van der Waals surface area (Å²) in [5.41, 5.74) is -2.31. The van der Waals surface area contributed by atoms with Gasteiger partial charge >= 0.3 is 12.3 Å². The maximum Gasteiger partial charge on any atom is 0.573 e. The average Bonchev–Trinajstić information content (AvgIpc) is 2.18. The molecule has 2 N–H and O–H groups in total. The van der Waals surface area contributed by atoms with E-state index in [0.717, 1.165) is 13.3 Å². The summed E-state index contributed by atoms with van der Waals surface area (Å²) in [5.74, 6) is -3.59. The monoisotopic (exact) mass is 253 g/mol. The van der Waals surface area contributed by atoms with Crippen molar-refractivity contribution in [3.63, 3.8) is 0 Å². The zero-order chi connectivity index (χ0) is 13.2. The molecule has 0 aliphatic carbocycles. The van der Waals surface area contributed by atoms with Gasteiger partial charge in [0.05, 0.1) is 7.11 Å². The number of hydrogen-bond donors (Lipinski definition) is 2. The molecule has 0 saturated carbocycles. The van der Waals surface area contributed by atoms with Crippen LogP contribution in [0.1, 0.15) is 10.4 Å². The number of aromatic nitrogens is 1. The van der Waals surface area contributed by atoms with Crippen molar-refractivity contribution in [2.24, 2.45) is 0 Å². The molecular formula is C8H6F3NO5. The van der Waals surface area contributed by atoms with E-state index in [-0.39, 0.29) is 0 Å². The van der Waals surface area contributed by atoms with Gasteiger partial charge < -0.3 is 19.6 Å². The molecule has 9 heteroatoms. The molecule has 0 fully saturated rings. The van der Waals surface area contributed by atoms with Crippen LogP contribution in [-0.2, 0) is 0 Å². The van der Waals surface area contributed by atoms with Crippen molar-refractivity contribution in [3.05, 3.63) is 22.1 Å². The van der Waals surface area contributed by atoms with E-state index in [1.54, 1.807) is 0 Å². The van der Waals surface area contributed by atoms with Gasteiger partial charge in [-0.1, -0.05) is 0 Å². The molecule has 0 aliphatic heterocycles. The van der Waals surface area contributed by atoms with Gasteiger partial charge in [-0.15, -0.1) is 13.2 Å². The number of aromatic amines is 1. The lowest BCUT2D eigenvalue weighted by molar-refractivity contribution is -0.275. The number of carbonyl (C=O) groups is 1. The van der Waals surface area contributed by atoms with E-state index in [1.165, 1.54) is 0 Å². The molecule has 0 atom stereocenters. The number of alkyl halides is 3. The van der Waals surface area contributed by atoms with E-state index < -0.39 is 35.0 Å². The summed E-state index contributed by atoms with van der Waals surface area (Å²) in [6.07, 6.45) is -4.35. The number of hydrogen-bond acceptors (Lipinski definition) is 4. The Morgan fingerprint density at radius 1 is 1.47 bits per heavy atom. The quantitative estimate of drug-likeness (QED) is 0.838. The van der Waals surface area contributed by atoms with Crippen LogP contribution in [0.4, 0.5) is 13.2 Å². The number of pyridine rings is 1. The first-order valence-electron chi connectivity index (χ1n) is 4.05. The molecule has 0 bridgehead atoms. The van der Waals surface area contributed by atoms with Gasteiger partial charge in [0.2, 0.25) is 5.75 Å². The molecule has 0 amide bonds. The Bertz CT molecular complexity index is 493. The van der Waals surface area contributed by atoms with Crippen molar-refractivity contribution in [2.45, 2.75) is 6.36 Å². The molecule has 0 spiro atoms. The molecule has 0 saturated heterocycles. The lowest BCUT2D eigenvalue weighted by Crippen LogP contribution is -2.25. The van der Waals surface area contributed by atoms with Crippen LogP contribution in [0, 0.1) is 0 Å². The van der Waals surface area contributed by atoms with E-state index in [9.17, 15) is 22.8 Å². The Hall–Kier alpha value is -2.19. The summed E-state index contributed by atoms with van der Waals surface area (Å²) in [6.45, 7) is 0. The standard InChI is InChI=1S/C8H6F3NO5/c1-16-3-2-12-6(13)5(4(3)7(14)15)17-8(9,10)11/h2H,1H3,(H,12,13)(H,14,15). The van der Waals surface area contributed by atoms with Crippen molar-refractivity contribution in [3.8, 4) is 11.5 Å². The van der Waals surface area contributed by atoms with E-state index in [2.05, 4.69) is 9.47 Å². The van der Waals surface area contributed by atoms with Crippen LogP contribution in [0.5, 0.6) is 11.5 Å². The van der Waals surface area contributed by atoms with Gasteiger partial charge in [0.1, 0.15) is 0 Å². The summed E-state index contributed by atoms with van der Waals surface area (Å²) in [4.78, 5) is 23.7. The highest BCUT2D eigenvalue weighted by atomic mass is 19.4. The molecule has 0 aromatic carbocycles. The predicted octanol–water partition coefficient (Wildman–Crippen LogP) is 0.980. The van der Waals surface area contributed by atoms with Gasteiger partial charge in [-0.3, -0.25) is 4.79 Å². The second-order valence-electron chi connectivity index (χ2n) is 2.74. The Kier molecular flexibility index (Phi) is 3.30. The molecule has 1 rings (SSSR count). The summed E-state index contributed by atoms with van der Waals surface area (Å²) < 4.78 is 43.9. The highest BCUT2D eigenvalue weighted by Crippen LogP contribution is 2.28. The number of nitrogens with one attached hydrogen (secondary N) is 1. The highest BCUT2D eigenvalue weighted by molar-refractivity contribution is 5.93. The van der Waals surface area contributed by atoms with Crippen LogP contribution in [0.2, 0.25) is 0 Å². The van der Waals surface area contributed by atoms with E-state index in [0.29, 0.717) is 0 Å². The Balaban J connectivity index is 3.45. The molecule has 17 heavy (non-hydrogen) atoms. The van der Waals surface area contributed by atoms with Crippen LogP contribution < -0.4 is 15.0 Å². The second kappa shape index (κ2) is 4.36. The average molecular weight is 253 g/mol. The summed E-state index contributed by atoms with van der Waals surface area (Å²) >= 11 is 0. The number of carboxylic acids is 1. The highest BCUT2D eigenvalue weighted by Gasteiger charge is 2.35. The lowest BCUT2D eigenvalue weighted by Gasteiger charge is -2.12. The van der Waals surface area contributed by atoms with E-state index in [4.69, 9.17) is 5.11 Å². The van der Waals surface area contributed by atoms with Gasteiger partial charge in [-0.05, 0) is 0 Å². The van der Waals surface area contributed by atoms with Crippen LogP contribution >= 0.6 is 0 Å². The number of carboxylic acid groups (broad SMARTS) is 1. The Morgan fingerprint density at radius 2 is 2.06 bits per heavy atom. The van der Waals surface area contributed by atoms with Gasteiger partial charge in [0.15, 0.2) is 11.3 Å². The molecule has 0 aliphatic rings. The summed E-state index contributed by atoms with van der Waals surface area (Å²) in [6, 6.07) is 0. The smallest absolute Gasteiger partial charge is 0.494 e. The number of ether oxygens (including phenoxy) is 2. The number of aromatic carboxylic acids is 1. The molecule has 0 radical (unpaired) electrons. The summed E-state index contributed by atoms with van der Waals surface area (Å²) in [5, 5.41) is 8.72. The molecule has 1 heterocycles. The van der Waals surface area contributed by atoms with Crippen LogP contribution in [0.15, 0.2) is 11.0 Å². The van der Waals surface area contributed by atoms with Crippen LogP contribution in [0.3, 0.4) is 0 Å². The maximum atomic E-state index is 12.0. The van der Waals surface area contributed by atoms with Gasteiger partial charge in [-0.2, -0.15) is 0 Å². The SMILES string of the molecule is COc1c[nH]c(=O)c(OC(F)(F)F)c1C(=O)O. The van der Waals surface area contributed by atoms with Crippen LogP contribution in [0.25, 0.3) is 0 Å². The first-order chi connectivity index (χ1) is 7.76. The normalized spacial score (nSPS) is 11.1. The fraction of sp³-hybridized carbons (Fsp3) is 0.250. The zero-order valence-corrected chi connectivity index (χ0v) is 8.29. The number of methoxy groups -OCH3 is 1. The fourth-order valence-electron chi connectivity index (χ4n) is 1.07. The largest absolute Gasteiger partial charge is 0.573 e. The third-order valence-electron chi connectivity index (χ3n) is 1.67. The fourth-order valence-corrected chi connectivity index (χ4v) is 1.07. The lowest BCUT2D eigenvalue weighted by atomic mass is 10.2. The van der Waals surface area contributed by atoms with Crippen LogP contribution in [-0.4, -0.2) is 29.5 Å². The third-order valence-corrected chi connectivity index (χ3v) is 1.67. The first-order valence-corrected chi connectivity index (χ1v) is 4.05. The van der Waals surface area contributed by atoms with E-state index >= 15 is 0 Å². The van der Waals surface area contributed by atoms with Crippen molar-refractivity contribution >= 4 is 5.97 Å². The van der Waals surface area contributed by atoms with Gasteiger partial charge in [0.25, 0.3) is 5.56 Å². The van der Waals surface area contributed by atoms with Crippen molar-refractivity contribution in [2.75, 3.05) is 7.11 Å². The van der Waals surface area contributed by atoms with Crippen molar-refractivity contribution in [1.82, 2.24) is 4.98 Å². The van der Waals surface area contributed by atoms with Gasteiger partial charge in [-0.25, -0.2) is 4.79 Å². The molecule has 1 aromatic heterocycles. The molecular weight excluding hydrogens is 247 g/mol. The molecule has 94 valence electrons. The second-order valence-corrected chi connectivity index (χ2v) is 2.74. The third kappa shape index (κ3) is 2.89. The van der Waals surface area contributed by atoms with Crippen molar-refractivity contribution in [1.29, 1.82) is 0 Å². The minimum absolute atomic E-state index is 0.448. The number of halogens is 3. The Morgan fingerprint density at radius 3 is 2.47 bits per heavy atom. The van der Waals surface area contributed by atoms with Gasteiger partial charge in [0, 0.05) is 6.20 Å². The summed E-state index contributed by atoms with van der Waals surface area (Å²) in [7, 11) is 1.04. The molecule has 0 unspecified atom stereocenters. The molecule has 6 nitrogen and oxygen atoms in total. The van der Waals surface area contributed by atoms with E-state index in [1.807, 2.05) is 4.98 Å².